The summed E-state index contributed by atoms with van der Waals surface area (Å²) in [7, 11) is 0. The predicted molar refractivity (Wildman–Crippen MR) is 115 cm³/mol. The Morgan fingerprint density at radius 1 is 1.10 bits per heavy atom. The molecule has 1 saturated carbocycles. The molecule has 0 radical (unpaired) electrons. The van der Waals surface area contributed by atoms with Gasteiger partial charge in [0, 0.05) is 44.9 Å². The second-order valence-electron chi connectivity index (χ2n) is 7.72. The number of aromatic nitrogens is 1. The molecule has 2 unspecified atom stereocenters. The molecule has 162 valence electrons. The van der Waals surface area contributed by atoms with Crippen molar-refractivity contribution in [2.75, 3.05) is 32.8 Å². The Bertz CT molecular complexity index is 1010. The highest BCUT2D eigenvalue weighted by atomic mass is 35.5. The van der Waals surface area contributed by atoms with Crippen molar-refractivity contribution >= 4 is 29.3 Å². The summed E-state index contributed by atoms with van der Waals surface area (Å²) in [4.78, 5) is 37.4. The molecular formula is C22H23ClN4O4. The number of amidine groups is 1. The number of carbonyl (C=O) groups is 2. The summed E-state index contributed by atoms with van der Waals surface area (Å²) in [5, 5.41) is 19.7. The maximum absolute atomic E-state index is 12.9. The fraction of sp³-hybridized carbons (Fsp3) is 0.364. The molecule has 2 aliphatic rings. The fourth-order valence-electron chi connectivity index (χ4n) is 3.88. The van der Waals surface area contributed by atoms with Gasteiger partial charge < -0.3 is 20.0 Å². The molecule has 0 bridgehead atoms. The number of aliphatic hydroxyl groups is 1. The number of carboxylic acids is 1. The molecule has 4 rings (SSSR count). The molecule has 1 amide bonds. The number of aliphatic imine (C=N–C) groups is 1. The van der Waals surface area contributed by atoms with Gasteiger partial charge in [-0.05, 0) is 30.7 Å². The van der Waals surface area contributed by atoms with Gasteiger partial charge in [0.25, 0.3) is 5.91 Å². The van der Waals surface area contributed by atoms with Crippen LogP contribution in [0, 0.1) is 5.92 Å². The van der Waals surface area contributed by atoms with E-state index in [4.69, 9.17) is 11.6 Å². The average Bonchev–Trinajstić information content (AvgIpc) is 3.53. The van der Waals surface area contributed by atoms with Gasteiger partial charge in [0.1, 0.15) is 5.69 Å². The van der Waals surface area contributed by atoms with E-state index < -0.39 is 17.4 Å². The number of piperazine rings is 1. The van der Waals surface area contributed by atoms with Gasteiger partial charge in [-0.1, -0.05) is 29.8 Å². The minimum Gasteiger partial charge on any atom is -0.479 e. The first-order chi connectivity index (χ1) is 15.0. The lowest BCUT2D eigenvalue weighted by molar-refractivity contribution is -0.140. The van der Waals surface area contributed by atoms with E-state index in [1.54, 1.807) is 47.5 Å². The zero-order valence-electron chi connectivity index (χ0n) is 16.8. The van der Waals surface area contributed by atoms with E-state index in [1.807, 2.05) is 11.0 Å². The van der Waals surface area contributed by atoms with Crippen LogP contribution in [0.15, 0.2) is 53.7 Å². The van der Waals surface area contributed by atoms with Crippen LogP contribution in [0.1, 0.15) is 22.5 Å². The van der Waals surface area contributed by atoms with Crippen molar-refractivity contribution < 1.29 is 19.8 Å². The lowest BCUT2D eigenvalue weighted by Gasteiger charge is -2.37. The third kappa shape index (κ3) is 4.13. The minimum absolute atomic E-state index is 0.133. The van der Waals surface area contributed by atoms with Crippen molar-refractivity contribution in [3.05, 3.63) is 64.9 Å². The Hall–Kier alpha value is -2.97. The lowest BCUT2D eigenvalue weighted by Crippen LogP contribution is -2.51. The third-order valence-corrected chi connectivity index (χ3v) is 6.16. The maximum atomic E-state index is 12.9. The van der Waals surface area contributed by atoms with E-state index in [-0.39, 0.29) is 12.5 Å². The molecule has 2 heterocycles. The number of carbonyl (C=O) groups excluding carboxylic acids is 1. The summed E-state index contributed by atoms with van der Waals surface area (Å²) >= 11 is 6.17. The normalized spacial score (nSPS) is 23.5. The Labute approximate surface area is 184 Å². The van der Waals surface area contributed by atoms with Crippen molar-refractivity contribution in [3.8, 4) is 0 Å². The summed E-state index contributed by atoms with van der Waals surface area (Å²) in [6, 6.07) is 12.3. The number of carboxylic acid groups (broad SMARTS) is 1. The monoisotopic (exact) mass is 442 g/mol. The fourth-order valence-corrected chi connectivity index (χ4v) is 4.10. The number of benzene rings is 1. The van der Waals surface area contributed by atoms with E-state index in [1.165, 1.54) is 0 Å². The Morgan fingerprint density at radius 3 is 2.35 bits per heavy atom. The van der Waals surface area contributed by atoms with Gasteiger partial charge in [-0.3, -0.25) is 9.78 Å². The third-order valence-electron chi connectivity index (χ3n) is 5.83. The maximum Gasteiger partial charge on any atom is 0.332 e. The van der Waals surface area contributed by atoms with Gasteiger partial charge in [-0.25, -0.2) is 9.79 Å². The van der Waals surface area contributed by atoms with Crippen LogP contribution < -0.4 is 0 Å². The first-order valence-electron chi connectivity index (χ1n) is 10.1. The van der Waals surface area contributed by atoms with E-state index in [0.717, 1.165) is 0 Å². The van der Waals surface area contributed by atoms with Gasteiger partial charge in [0.15, 0.2) is 11.4 Å². The molecule has 31 heavy (non-hydrogen) atoms. The Kier molecular flexibility index (Phi) is 5.93. The highest BCUT2D eigenvalue weighted by molar-refractivity contribution is 6.33. The molecule has 8 nitrogen and oxygen atoms in total. The van der Waals surface area contributed by atoms with Crippen LogP contribution in [0.5, 0.6) is 0 Å². The number of pyridine rings is 1. The molecule has 2 fully saturated rings. The zero-order chi connectivity index (χ0) is 22.0. The number of aliphatic carboxylic acids is 1. The van der Waals surface area contributed by atoms with Crippen molar-refractivity contribution in [2.45, 2.75) is 12.0 Å². The number of hydrogen-bond acceptors (Lipinski definition) is 5. The summed E-state index contributed by atoms with van der Waals surface area (Å²) in [5.41, 5.74) is -0.297. The van der Waals surface area contributed by atoms with Crippen LogP contribution in [0.4, 0.5) is 0 Å². The smallest absolute Gasteiger partial charge is 0.332 e. The molecule has 2 atom stereocenters. The molecule has 0 spiro atoms. The largest absolute Gasteiger partial charge is 0.479 e. The zero-order valence-corrected chi connectivity index (χ0v) is 17.6. The van der Waals surface area contributed by atoms with Crippen LogP contribution in [-0.2, 0) is 4.79 Å². The summed E-state index contributed by atoms with van der Waals surface area (Å²) in [6.45, 7) is 1.61. The van der Waals surface area contributed by atoms with E-state index in [2.05, 4.69) is 9.98 Å². The minimum atomic E-state index is -1.33. The first-order valence-corrected chi connectivity index (χ1v) is 10.5. The number of hydrogen-bond donors (Lipinski definition) is 2. The van der Waals surface area contributed by atoms with Crippen LogP contribution in [0.25, 0.3) is 0 Å². The Morgan fingerprint density at radius 2 is 1.77 bits per heavy atom. The van der Waals surface area contributed by atoms with E-state index in [9.17, 15) is 19.8 Å². The number of halogens is 1. The molecule has 1 aromatic heterocycles. The van der Waals surface area contributed by atoms with Crippen molar-refractivity contribution in [1.29, 1.82) is 0 Å². The SMILES string of the molecule is O=C(c1ccccc1Cl)N1CCN(/C(=N/C2(C(=O)O)CC2CO)c2ccccn2)CC1. The number of nitrogens with zero attached hydrogens (tertiary/aromatic N) is 4. The summed E-state index contributed by atoms with van der Waals surface area (Å²) in [5.74, 6) is -1.12. The summed E-state index contributed by atoms with van der Waals surface area (Å²) < 4.78 is 0. The van der Waals surface area contributed by atoms with Gasteiger partial charge in [-0.15, -0.1) is 0 Å². The Balaban J connectivity index is 1.56. The molecule has 2 N–H and O–H groups in total. The molecule has 1 aromatic carbocycles. The standard InChI is InChI=1S/C22H23ClN4O4/c23-17-6-2-1-5-16(17)20(29)27-11-9-26(10-12-27)19(18-7-3-4-8-24-18)25-22(21(30)31)13-15(22)14-28/h1-8,15,28H,9-14H2,(H,30,31)/b25-19+. The second kappa shape index (κ2) is 8.64. The molecule has 9 heteroatoms. The number of rotatable bonds is 5. The first kappa shape index (κ1) is 21.3. The van der Waals surface area contributed by atoms with Gasteiger partial charge >= 0.3 is 5.97 Å². The molecule has 1 saturated heterocycles. The van der Waals surface area contributed by atoms with E-state index >= 15 is 0 Å². The van der Waals surface area contributed by atoms with Crippen LogP contribution in [0.2, 0.25) is 5.02 Å². The highest BCUT2D eigenvalue weighted by Crippen LogP contribution is 2.47. The number of aliphatic hydroxyl groups excluding tert-OH is 1. The van der Waals surface area contributed by atoms with Gasteiger partial charge in [-0.2, -0.15) is 0 Å². The molecule has 1 aliphatic carbocycles. The van der Waals surface area contributed by atoms with Crippen LogP contribution >= 0.6 is 11.6 Å². The molecule has 2 aromatic rings. The summed E-state index contributed by atoms with van der Waals surface area (Å²) in [6.07, 6.45) is 1.92. The lowest BCUT2D eigenvalue weighted by atomic mass is 10.1. The van der Waals surface area contributed by atoms with Crippen molar-refractivity contribution in [3.63, 3.8) is 0 Å². The van der Waals surface area contributed by atoms with E-state index in [0.29, 0.717) is 54.7 Å². The van der Waals surface area contributed by atoms with Crippen LogP contribution in [0.3, 0.4) is 0 Å². The average molecular weight is 443 g/mol. The molecule has 1 aliphatic heterocycles. The molecular weight excluding hydrogens is 420 g/mol. The van der Waals surface area contributed by atoms with Crippen LogP contribution in [-0.4, -0.2) is 81.0 Å². The number of amides is 1. The van der Waals surface area contributed by atoms with Crippen molar-refractivity contribution in [2.24, 2.45) is 10.9 Å². The predicted octanol–water partition coefficient (Wildman–Crippen LogP) is 1.78. The van der Waals surface area contributed by atoms with Gasteiger partial charge in [0.05, 0.1) is 10.6 Å². The highest BCUT2D eigenvalue weighted by Gasteiger charge is 2.61. The topological polar surface area (TPSA) is 106 Å². The van der Waals surface area contributed by atoms with Crippen molar-refractivity contribution in [1.82, 2.24) is 14.8 Å². The van der Waals surface area contributed by atoms with Gasteiger partial charge in [0.2, 0.25) is 0 Å². The quantitative estimate of drug-likeness (QED) is 0.540. The second-order valence-corrected chi connectivity index (χ2v) is 8.13.